The Morgan fingerprint density at radius 2 is 2.24 bits per heavy atom. The predicted octanol–water partition coefficient (Wildman–Crippen LogP) is 3.59. The number of hydrogen-bond donors (Lipinski definition) is 1. The van der Waals surface area contributed by atoms with Gasteiger partial charge >= 0.3 is 0 Å². The second kappa shape index (κ2) is 7.43. The maximum atomic E-state index is 13.1. The molecule has 0 fully saturated rings. The van der Waals surface area contributed by atoms with E-state index in [1.165, 1.54) is 17.8 Å². The first-order valence-electron chi connectivity index (χ1n) is 6.31. The van der Waals surface area contributed by atoms with Crippen molar-refractivity contribution in [2.45, 2.75) is 18.5 Å². The van der Waals surface area contributed by atoms with E-state index in [1.54, 1.807) is 37.4 Å². The van der Waals surface area contributed by atoms with E-state index in [-0.39, 0.29) is 17.5 Å². The smallest absolute Gasteiger partial charge is 0.230 e. The van der Waals surface area contributed by atoms with Crippen LogP contribution in [0.4, 0.5) is 4.39 Å². The Labute approximate surface area is 131 Å². The van der Waals surface area contributed by atoms with Gasteiger partial charge in [0.15, 0.2) is 0 Å². The number of rotatable bonds is 5. The van der Waals surface area contributed by atoms with Crippen LogP contribution in [0, 0.1) is 12.7 Å². The zero-order chi connectivity index (χ0) is 15.2. The van der Waals surface area contributed by atoms with Crippen LogP contribution in [-0.2, 0) is 11.3 Å². The van der Waals surface area contributed by atoms with Gasteiger partial charge in [-0.05, 0) is 36.2 Å². The van der Waals surface area contributed by atoms with Crippen molar-refractivity contribution in [1.29, 1.82) is 0 Å². The molecule has 0 aliphatic rings. The van der Waals surface area contributed by atoms with E-state index >= 15 is 0 Å². The van der Waals surface area contributed by atoms with E-state index in [4.69, 9.17) is 11.6 Å². The van der Waals surface area contributed by atoms with Crippen molar-refractivity contribution in [1.82, 2.24) is 10.3 Å². The summed E-state index contributed by atoms with van der Waals surface area (Å²) >= 11 is 7.24. The Kier molecular flexibility index (Phi) is 5.59. The summed E-state index contributed by atoms with van der Waals surface area (Å²) in [5.74, 6) is -0.134. The van der Waals surface area contributed by atoms with Gasteiger partial charge in [-0.3, -0.25) is 4.79 Å². The van der Waals surface area contributed by atoms with Crippen molar-refractivity contribution in [2.75, 3.05) is 5.75 Å². The van der Waals surface area contributed by atoms with Gasteiger partial charge < -0.3 is 5.32 Å². The summed E-state index contributed by atoms with van der Waals surface area (Å²) in [7, 11) is 0. The van der Waals surface area contributed by atoms with E-state index in [9.17, 15) is 9.18 Å². The fraction of sp³-hybridized carbons (Fsp3) is 0.200. The summed E-state index contributed by atoms with van der Waals surface area (Å²) in [4.78, 5) is 15.9. The van der Waals surface area contributed by atoms with Crippen molar-refractivity contribution in [3.63, 3.8) is 0 Å². The molecule has 0 aliphatic heterocycles. The molecule has 0 saturated heterocycles. The topological polar surface area (TPSA) is 42.0 Å². The lowest BCUT2D eigenvalue weighted by atomic mass is 10.1. The maximum absolute atomic E-state index is 13.1. The second-order valence-corrected chi connectivity index (χ2v) is 5.81. The minimum Gasteiger partial charge on any atom is -0.351 e. The number of halogens is 2. The Morgan fingerprint density at radius 1 is 1.43 bits per heavy atom. The molecule has 1 aromatic heterocycles. The fourth-order valence-electron chi connectivity index (χ4n) is 1.68. The number of nitrogens with zero attached hydrogens (tertiary/aromatic N) is 1. The molecule has 1 amide bonds. The number of carbonyl (C=O) groups excluding carboxylic acids is 1. The minimum atomic E-state index is -0.245. The minimum absolute atomic E-state index is 0.122. The number of hydrogen-bond acceptors (Lipinski definition) is 3. The average molecular weight is 325 g/mol. The Morgan fingerprint density at radius 3 is 2.95 bits per heavy atom. The summed E-state index contributed by atoms with van der Waals surface area (Å²) in [5.41, 5.74) is 1.43. The van der Waals surface area contributed by atoms with Crippen LogP contribution in [0.3, 0.4) is 0 Å². The molecule has 110 valence electrons. The van der Waals surface area contributed by atoms with Gasteiger partial charge in [-0.15, -0.1) is 0 Å². The van der Waals surface area contributed by atoms with Crippen molar-refractivity contribution in [2.24, 2.45) is 0 Å². The molecule has 0 bridgehead atoms. The molecule has 6 heteroatoms. The van der Waals surface area contributed by atoms with Crippen molar-refractivity contribution in [3.05, 3.63) is 58.5 Å². The highest BCUT2D eigenvalue weighted by Gasteiger charge is 2.07. The molecule has 1 N–H and O–H groups in total. The number of thioether (sulfide) groups is 1. The molecule has 0 aliphatic carbocycles. The lowest BCUT2D eigenvalue weighted by molar-refractivity contribution is -0.118. The highest BCUT2D eigenvalue weighted by atomic mass is 35.5. The van der Waals surface area contributed by atoms with Crippen LogP contribution in [0.15, 0.2) is 41.6 Å². The summed E-state index contributed by atoms with van der Waals surface area (Å²) in [5, 5.41) is 3.95. The molecule has 2 rings (SSSR count). The molecular weight excluding hydrogens is 311 g/mol. The number of nitrogens with one attached hydrogen (secondary N) is 1. The molecule has 1 aromatic carbocycles. The van der Waals surface area contributed by atoms with Gasteiger partial charge in [0.05, 0.1) is 10.8 Å². The van der Waals surface area contributed by atoms with E-state index in [2.05, 4.69) is 10.3 Å². The number of benzene rings is 1. The molecular formula is C15H14ClFN2OS. The van der Waals surface area contributed by atoms with Gasteiger partial charge in [0.2, 0.25) is 5.91 Å². The van der Waals surface area contributed by atoms with Crippen LogP contribution in [0.1, 0.15) is 11.1 Å². The summed E-state index contributed by atoms with van der Waals surface area (Å²) in [6.45, 7) is 2.07. The first-order chi connectivity index (χ1) is 10.1. The average Bonchev–Trinajstić information content (AvgIpc) is 2.47. The van der Waals surface area contributed by atoms with E-state index in [1.807, 2.05) is 0 Å². The Hall–Kier alpha value is -1.59. The van der Waals surface area contributed by atoms with Crippen LogP contribution in [0.2, 0.25) is 5.02 Å². The van der Waals surface area contributed by atoms with Crippen LogP contribution < -0.4 is 5.32 Å². The fourth-order valence-corrected chi connectivity index (χ4v) is 2.68. The molecule has 0 atom stereocenters. The third kappa shape index (κ3) is 4.72. The molecule has 2 aromatic rings. The number of pyridine rings is 1. The zero-order valence-corrected chi connectivity index (χ0v) is 13.0. The normalized spacial score (nSPS) is 10.4. The van der Waals surface area contributed by atoms with Gasteiger partial charge in [0.25, 0.3) is 0 Å². The Bertz CT molecular complexity index is 651. The maximum Gasteiger partial charge on any atom is 0.230 e. The highest BCUT2D eigenvalue weighted by molar-refractivity contribution is 8.00. The number of aromatic nitrogens is 1. The quantitative estimate of drug-likeness (QED) is 0.855. The standard InChI is InChI=1S/C15H14ClFN2OS/c1-10-7-11(4-5-13(10)17)8-19-14(20)9-21-15-12(16)3-2-6-18-15/h2-7H,8-9H2,1H3,(H,19,20). The monoisotopic (exact) mass is 324 g/mol. The van der Waals surface area contributed by atoms with Gasteiger partial charge in [0.1, 0.15) is 10.8 Å². The summed E-state index contributed by atoms with van der Waals surface area (Å²) in [6, 6.07) is 8.25. The molecule has 0 spiro atoms. The largest absolute Gasteiger partial charge is 0.351 e. The number of amides is 1. The van der Waals surface area contributed by atoms with Gasteiger partial charge in [-0.1, -0.05) is 35.5 Å². The summed E-state index contributed by atoms with van der Waals surface area (Å²) in [6.07, 6.45) is 1.63. The SMILES string of the molecule is Cc1cc(CNC(=O)CSc2ncccc2Cl)ccc1F. The molecule has 1 heterocycles. The van der Waals surface area contributed by atoms with Crippen LogP contribution >= 0.6 is 23.4 Å². The van der Waals surface area contributed by atoms with Crippen LogP contribution in [0.5, 0.6) is 0 Å². The summed E-state index contributed by atoms with van der Waals surface area (Å²) < 4.78 is 13.1. The predicted molar refractivity (Wildman–Crippen MR) is 83.0 cm³/mol. The number of carbonyl (C=O) groups is 1. The first kappa shape index (κ1) is 15.8. The van der Waals surface area contributed by atoms with E-state index < -0.39 is 0 Å². The van der Waals surface area contributed by atoms with Gasteiger partial charge in [-0.25, -0.2) is 9.37 Å². The van der Waals surface area contributed by atoms with E-state index in [0.29, 0.717) is 22.2 Å². The molecule has 3 nitrogen and oxygen atoms in total. The highest BCUT2D eigenvalue weighted by Crippen LogP contribution is 2.23. The van der Waals surface area contributed by atoms with Crippen molar-refractivity contribution >= 4 is 29.3 Å². The third-order valence-corrected chi connectivity index (χ3v) is 4.20. The van der Waals surface area contributed by atoms with Crippen LogP contribution in [-0.4, -0.2) is 16.6 Å². The van der Waals surface area contributed by atoms with Crippen molar-refractivity contribution in [3.8, 4) is 0 Å². The lowest BCUT2D eigenvalue weighted by Gasteiger charge is -2.07. The van der Waals surface area contributed by atoms with E-state index in [0.717, 1.165) is 5.56 Å². The van der Waals surface area contributed by atoms with Gasteiger partial charge in [-0.2, -0.15) is 0 Å². The Balaban J connectivity index is 1.82. The van der Waals surface area contributed by atoms with Crippen LogP contribution in [0.25, 0.3) is 0 Å². The zero-order valence-electron chi connectivity index (χ0n) is 11.4. The molecule has 21 heavy (non-hydrogen) atoms. The molecule has 0 saturated carbocycles. The third-order valence-electron chi connectivity index (χ3n) is 2.78. The molecule has 0 unspecified atom stereocenters. The lowest BCUT2D eigenvalue weighted by Crippen LogP contribution is -2.24. The second-order valence-electron chi connectivity index (χ2n) is 4.44. The first-order valence-corrected chi connectivity index (χ1v) is 7.67. The van der Waals surface area contributed by atoms with Gasteiger partial charge in [0, 0.05) is 12.7 Å². The molecule has 0 radical (unpaired) electrons. The van der Waals surface area contributed by atoms with Crippen molar-refractivity contribution < 1.29 is 9.18 Å². The number of aryl methyl sites for hydroxylation is 1.